The number of carbonyl (C=O) groups excluding carboxylic acids is 2. The summed E-state index contributed by atoms with van der Waals surface area (Å²) in [4.78, 5) is 31.9. The van der Waals surface area contributed by atoms with E-state index in [4.69, 9.17) is 0 Å². The summed E-state index contributed by atoms with van der Waals surface area (Å²) in [5.41, 5.74) is 2.49. The fraction of sp³-hybridized carbons (Fsp3) is 0.160. The molecule has 4 rings (SSSR count). The average Bonchev–Trinajstić information content (AvgIpc) is 3.50. The van der Waals surface area contributed by atoms with E-state index in [1.54, 1.807) is 11.3 Å². The summed E-state index contributed by atoms with van der Waals surface area (Å²) in [7, 11) is 0. The van der Waals surface area contributed by atoms with Crippen LogP contribution in [0.3, 0.4) is 0 Å². The molecule has 2 heterocycles. The number of carbonyl (C=O) groups is 2. The van der Waals surface area contributed by atoms with Crippen molar-refractivity contribution in [1.82, 2.24) is 4.98 Å². The quantitative estimate of drug-likeness (QED) is 0.244. The third kappa shape index (κ3) is 6.31. The van der Waals surface area contributed by atoms with Crippen LogP contribution in [-0.2, 0) is 9.59 Å². The van der Waals surface area contributed by atoms with E-state index in [2.05, 4.69) is 15.6 Å². The van der Waals surface area contributed by atoms with E-state index in [9.17, 15) is 9.59 Å². The van der Waals surface area contributed by atoms with Crippen LogP contribution in [0.1, 0.15) is 30.6 Å². The normalized spacial score (nSPS) is 11.7. The Morgan fingerprint density at radius 1 is 1.00 bits per heavy atom. The predicted octanol–water partition coefficient (Wildman–Crippen LogP) is 7.08. The number of hydrogen-bond acceptors (Lipinski definition) is 6. The van der Waals surface area contributed by atoms with Crippen molar-refractivity contribution in [2.24, 2.45) is 0 Å². The van der Waals surface area contributed by atoms with Gasteiger partial charge in [0.2, 0.25) is 11.8 Å². The van der Waals surface area contributed by atoms with Gasteiger partial charge < -0.3 is 10.6 Å². The molecule has 0 saturated heterocycles. The predicted molar refractivity (Wildman–Crippen MR) is 139 cm³/mol. The zero-order valence-electron chi connectivity index (χ0n) is 18.0. The largest absolute Gasteiger partial charge is 0.326 e. The van der Waals surface area contributed by atoms with E-state index in [-0.39, 0.29) is 11.8 Å². The summed E-state index contributed by atoms with van der Waals surface area (Å²) in [5.74, 6) is -0.152. The minimum atomic E-state index is -0.470. The van der Waals surface area contributed by atoms with Crippen molar-refractivity contribution < 1.29 is 9.59 Å². The summed E-state index contributed by atoms with van der Waals surface area (Å²) in [5, 5.41) is 9.98. The Hall–Kier alpha value is -2.94. The summed E-state index contributed by atoms with van der Waals surface area (Å²) in [6.45, 7) is 1.97. The van der Waals surface area contributed by atoms with Gasteiger partial charge in [-0.3, -0.25) is 9.59 Å². The molecule has 2 aromatic heterocycles. The standard InChI is InChI=1S/C25H23N3O2S3/c1-2-8-22(29)26-18-11-6-12-19(15-18)33-23(17-9-4-3-5-10-17)24(30)28-25-27-20(16-32-25)21-13-7-14-31-21/h3-7,9-16,23H,2,8H2,1H3,(H,26,29)(H,27,28,30). The number of amides is 2. The third-order valence-corrected chi connectivity index (χ3v) is 7.60. The van der Waals surface area contributed by atoms with Crippen molar-refractivity contribution in [1.29, 1.82) is 0 Å². The van der Waals surface area contributed by atoms with Gasteiger partial charge in [0.15, 0.2) is 5.13 Å². The van der Waals surface area contributed by atoms with Gasteiger partial charge in [0.1, 0.15) is 5.25 Å². The van der Waals surface area contributed by atoms with Crippen molar-refractivity contribution >= 4 is 57.1 Å². The molecule has 0 aliphatic rings. The molecule has 1 unspecified atom stereocenters. The lowest BCUT2D eigenvalue weighted by Crippen LogP contribution is -2.19. The number of aromatic nitrogens is 1. The Morgan fingerprint density at radius 2 is 1.85 bits per heavy atom. The van der Waals surface area contributed by atoms with Gasteiger partial charge in [-0.2, -0.15) is 0 Å². The van der Waals surface area contributed by atoms with E-state index in [1.165, 1.54) is 23.1 Å². The monoisotopic (exact) mass is 493 g/mol. The number of thioether (sulfide) groups is 1. The summed E-state index contributed by atoms with van der Waals surface area (Å²) in [6, 6.07) is 21.3. The maximum absolute atomic E-state index is 13.3. The lowest BCUT2D eigenvalue weighted by molar-refractivity contribution is -0.116. The molecule has 0 aliphatic carbocycles. The topological polar surface area (TPSA) is 71.1 Å². The molecular weight excluding hydrogens is 470 g/mol. The number of thiophene rings is 1. The SMILES string of the molecule is CCCC(=O)Nc1cccc(SC(C(=O)Nc2nc(-c3cccs3)cs2)c2ccccc2)c1. The van der Waals surface area contributed by atoms with Gasteiger partial charge in [-0.05, 0) is 41.6 Å². The highest BCUT2D eigenvalue weighted by Gasteiger charge is 2.23. The second kappa shape index (κ2) is 11.3. The first-order valence-electron chi connectivity index (χ1n) is 10.5. The molecule has 4 aromatic rings. The van der Waals surface area contributed by atoms with E-state index < -0.39 is 5.25 Å². The van der Waals surface area contributed by atoms with Crippen molar-refractivity contribution in [2.45, 2.75) is 29.9 Å². The van der Waals surface area contributed by atoms with Gasteiger partial charge in [-0.1, -0.05) is 49.4 Å². The van der Waals surface area contributed by atoms with Crippen molar-refractivity contribution in [2.75, 3.05) is 10.6 Å². The number of hydrogen-bond donors (Lipinski definition) is 2. The van der Waals surface area contributed by atoms with Crippen LogP contribution in [0, 0.1) is 0 Å². The van der Waals surface area contributed by atoms with E-state index in [0.717, 1.165) is 33.1 Å². The molecule has 0 spiro atoms. The molecule has 5 nitrogen and oxygen atoms in total. The van der Waals surface area contributed by atoms with Gasteiger partial charge >= 0.3 is 0 Å². The zero-order valence-corrected chi connectivity index (χ0v) is 20.4. The van der Waals surface area contributed by atoms with Crippen LogP contribution in [0.5, 0.6) is 0 Å². The van der Waals surface area contributed by atoms with Crippen molar-refractivity contribution in [3.05, 3.63) is 83.1 Å². The fourth-order valence-electron chi connectivity index (χ4n) is 3.17. The van der Waals surface area contributed by atoms with Crippen LogP contribution in [0.4, 0.5) is 10.8 Å². The van der Waals surface area contributed by atoms with Crippen LogP contribution in [0.2, 0.25) is 0 Å². The zero-order chi connectivity index (χ0) is 23.0. The minimum absolute atomic E-state index is 0.0117. The Morgan fingerprint density at radius 3 is 2.61 bits per heavy atom. The first-order chi connectivity index (χ1) is 16.1. The molecule has 1 atom stereocenters. The maximum atomic E-state index is 13.3. The first kappa shape index (κ1) is 23.2. The van der Waals surface area contributed by atoms with E-state index in [1.807, 2.05) is 84.4 Å². The minimum Gasteiger partial charge on any atom is -0.326 e. The number of rotatable bonds is 9. The number of nitrogens with zero attached hydrogens (tertiary/aromatic N) is 1. The highest BCUT2D eigenvalue weighted by molar-refractivity contribution is 8.00. The second-order valence-corrected chi connectivity index (χ2v) is 10.2. The molecule has 33 heavy (non-hydrogen) atoms. The molecule has 0 saturated carbocycles. The Bertz CT molecular complexity index is 1210. The van der Waals surface area contributed by atoms with E-state index in [0.29, 0.717) is 11.6 Å². The summed E-state index contributed by atoms with van der Waals surface area (Å²) >= 11 is 4.48. The molecule has 0 radical (unpaired) electrons. The number of anilines is 2. The molecule has 2 N–H and O–H groups in total. The van der Waals surface area contributed by atoms with Gasteiger partial charge in [-0.15, -0.1) is 34.4 Å². The third-order valence-electron chi connectivity index (χ3n) is 4.70. The van der Waals surface area contributed by atoms with Crippen LogP contribution in [0.15, 0.2) is 82.4 Å². The van der Waals surface area contributed by atoms with Gasteiger partial charge in [0, 0.05) is 22.4 Å². The maximum Gasteiger partial charge on any atom is 0.244 e. The lowest BCUT2D eigenvalue weighted by Gasteiger charge is -2.17. The van der Waals surface area contributed by atoms with Crippen LogP contribution >= 0.6 is 34.4 Å². The second-order valence-electron chi connectivity index (χ2n) is 7.24. The van der Waals surface area contributed by atoms with E-state index >= 15 is 0 Å². The lowest BCUT2D eigenvalue weighted by atomic mass is 10.1. The number of thiazole rings is 1. The summed E-state index contributed by atoms with van der Waals surface area (Å²) in [6.07, 6.45) is 1.27. The molecule has 2 amide bonds. The molecule has 0 bridgehead atoms. The van der Waals surface area contributed by atoms with Crippen LogP contribution in [0.25, 0.3) is 10.6 Å². The molecule has 0 aliphatic heterocycles. The van der Waals surface area contributed by atoms with Gasteiger partial charge in [0.25, 0.3) is 0 Å². The molecule has 8 heteroatoms. The first-order valence-corrected chi connectivity index (χ1v) is 13.2. The smallest absolute Gasteiger partial charge is 0.244 e. The molecule has 168 valence electrons. The van der Waals surface area contributed by atoms with Crippen LogP contribution in [-0.4, -0.2) is 16.8 Å². The van der Waals surface area contributed by atoms with Crippen molar-refractivity contribution in [3.63, 3.8) is 0 Å². The molecular formula is C25H23N3O2S3. The molecule has 0 fully saturated rings. The van der Waals surface area contributed by atoms with Gasteiger partial charge in [0.05, 0.1) is 10.6 Å². The number of benzene rings is 2. The molecule has 2 aromatic carbocycles. The van der Waals surface area contributed by atoms with Crippen LogP contribution < -0.4 is 10.6 Å². The Kier molecular flexibility index (Phi) is 7.93. The fourth-order valence-corrected chi connectivity index (χ4v) is 5.73. The van der Waals surface area contributed by atoms with Gasteiger partial charge in [-0.25, -0.2) is 4.98 Å². The highest BCUT2D eigenvalue weighted by atomic mass is 32.2. The number of nitrogens with one attached hydrogen (secondary N) is 2. The summed E-state index contributed by atoms with van der Waals surface area (Å²) < 4.78 is 0. The Balaban J connectivity index is 1.52. The highest BCUT2D eigenvalue weighted by Crippen LogP contribution is 2.38. The average molecular weight is 494 g/mol. The van der Waals surface area contributed by atoms with Crippen molar-refractivity contribution in [3.8, 4) is 10.6 Å². The Labute approximate surface area is 205 Å².